The van der Waals surface area contributed by atoms with Crippen molar-refractivity contribution in [2.75, 3.05) is 0 Å². The highest BCUT2D eigenvalue weighted by Crippen LogP contribution is 2.19. The number of Topliss-reactive ketones (excluding diaryl/α,β-unsaturated/α-hetero) is 1. The number of hydrogen-bond acceptors (Lipinski definition) is 1. The van der Waals surface area contributed by atoms with E-state index in [1.54, 1.807) is 0 Å². The fourth-order valence-corrected chi connectivity index (χ4v) is 1.90. The van der Waals surface area contributed by atoms with Crippen LogP contribution in [0.5, 0.6) is 0 Å². The van der Waals surface area contributed by atoms with Crippen LogP contribution in [-0.2, 0) is 17.6 Å². The van der Waals surface area contributed by atoms with Gasteiger partial charge in [-0.05, 0) is 30.9 Å². The molecule has 0 fully saturated rings. The van der Waals surface area contributed by atoms with E-state index in [-0.39, 0.29) is 0 Å². The zero-order valence-electron chi connectivity index (χ0n) is 9.97. The first-order valence-corrected chi connectivity index (χ1v) is 5.86. The summed E-state index contributed by atoms with van der Waals surface area (Å²) >= 11 is 0. The summed E-state index contributed by atoms with van der Waals surface area (Å²) in [5.41, 5.74) is 4.05. The number of rotatable bonds is 0. The van der Waals surface area contributed by atoms with E-state index in [0.29, 0.717) is 5.78 Å². The number of carbonyl (C=O) groups excluding carboxylic acids is 1. The largest absolute Gasteiger partial charge is 0.300 e. The molecule has 0 aromatic heterocycles. The number of carbonyl (C=O) groups is 1. The molecule has 0 heterocycles. The van der Waals surface area contributed by atoms with Gasteiger partial charge in [-0.2, -0.15) is 0 Å². The van der Waals surface area contributed by atoms with Gasteiger partial charge in [0.2, 0.25) is 0 Å². The second kappa shape index (κ2) is 5.69. The highest BCUT2D eigenvalue weighted by atomic mass is 16.1. The van der Waals surface area contributed by atoms with Gasteiger partial charge in [-0.3, -0.25) is 4.79 Å². The molecule has 1 aromatic rings. The highest BCUT2D eigenvalue weighted by molar-refractivity contribution is 5.79. The third kappa shape index (κ3) is 3.19. The van der Waals surface area contributed by atoms with Gasteiger partial charge < -0.3 is 0 Å². The summed E-state index contributed by atoms with van der Waals surface area (Å²) in [7, 11) is 0. The van der Waals surface area contributed by atoms with Crippen molar-refractivity contribution in [1.82, 2.24) is 0 Å². The molecule has 15 heavy (non-hydrogen) atoms. The van der Waals surface area contributed by atoms with Crippen LogP contribution in [-0.4, -0.2) is 5.78 Å². The van der Waals surface area contributed by atoms with E-state index in [4.69, 9.17) is 0 Å². The Morgan fingerprint density at radius 1 is 0.933 bits per heavy atom. The first-order valence-electron chi connectivity index (χ1n) is 5.86. The molecule has 0 atom stereocenters. The monoisotopic (exact) mass is 204 g/mol. The van der Waals surface area contributed by atoms with Gasteiger partial charge in [-0.1, -0.05) is 37.6 Å². The predicted molar refractivity (Wildman–Crippen MR) is 64.2 cm³/mol. The Bertz CT molecular complexity index is 339. The summed E-state index contributed by atoms with van der Waals surface area (Å²) in [6.45, 7) is 6.10. The van der Waals surface area contributed by atoms with Crippen molar-refractivity contribution >= 4 is 5.78 Å². The maximum Gasteiger partial charge on any atom is 0.133 e. The minimum Gasteiger partial charge on any atom is -0.300 e. The van der Waals surface area contributed by atoms with Gasteiger partial charge in [0, 0.05) is 12.8 Å². The van der Waals surface area contributed by atoms with E-state index < -0.39 is 0 Å². The van der Waals surface area contributed by atoms with Crippen LogP contribution >= 0.6 is 0 Å². The zero-order chi connectivity index (χ0) is 11.3. The molecule has 0 spiro atoms. The summed E-state index contributed by atoms with van der Waals surface area (Å²) in [6, 6.07) is 6.52. The molecule has 0 saturated carbocycles. The topological polar surface area (TPSA) is 17.1 Å². The fraction of sp³-hybridized carbons (Fsp3) is 0.500. The number of ketones is 1. The second-order valence-corrected chi connectivity index (χ2v) is 3.81. The number of aryl methyl sites for hydroxylation is 3. The molecular weight excluding hydrogens is 184 g/mol. The molecule has 82 valence electrons. The zero-order valence-corrected chi connectivity index (χ0v) is 9.97. The summed E-state index contributed by atoms with van der Waals surface area (Å²) in [5, 5.41) is 0. The van der Waals surface area contributed by atoms with Crippen molar-refractivity contribution < 1.29 is 4.79 Å². The van der Waals surface area contributed by atoms with E-state index in [1.807, 2.05) is 13.8 Å². The predicted octanol–water partition coefficient (Wildman–Crippen LogP) is 3.47. The second-order valence-electron chi connectivity index (χ2n) is 3.81. The third-order valence-electron chi connectivity index (χ3n) is 2.71. The standard InChI is InChI=1S/C12H14O.C2H6/c1-9-2-3-10-4-6-12(13)7-5-11(10)8-9;1-2/h2-3,8H,4-7H2,1H3;1-2H3. The van der Waals surface area contributed by atoms with Gasteiger partial charge in [0.1, 0.15) is 5.78 Å². The molecule has 1 aromatic carbocycles. The summed E-state index contributed by atoms with van der Waals surface area (Å²) in [4.78, 5) is 11.2. The van der Waals surface area contributed by atoms with Crippen molar-refractivity contribution in [1.29, 1.82) is 0 Å². The van der Waals surface area contributed by atoms with E-state index >= 15 is 0 Å². The lowest BCUT2D eigenvalue weighted by Gasteiger charge is -2.04. The van der Waals surface area contributed by atoms with Crippen molar-refractivity contribution in [3.05, 3.63) is 34.9 Å². The van der Waals surface area contributed by atoms with Crippen LogP contribution in [0, 0.1) is 6.92 Å². The first-order chi connectivity index (χ1) is 7.25. The molecule has 0 bridgehead atoms. The smallest absolute Gasteiger partial charge is 0.133 e. The molecule has 1 aliphatic rings. The van der Waals surface area contributed by atoms with Crippen LogP contribution in [0.3, 0.4) is 0 Å². The SMILES string of the molecule is CC.Cc1ccc2c(c1)CCC(=O)CC2. The summed E-state index contributed by atoms with van der Waals surface area (Å²) in [5.74, 6) is 0.411. The molecule has 0 radical (unpaired) electrons. The van der Waals surface area contributed by atoms with Crippen molar-refractivity contribution in [2.24, 2.45) is 0 Å². The van der Waals surface area contributed by atoms with Gasteiger partial charge in [-0.15, -0.1) is 0 Å². The van der Waals surface area contributed by atoms with Gasteiger partial charge in [0.25, 0.3) is 0 Å². The van der Waals surface area contributed by atoms with Crippen molar-refractivity contribution in [2.45, 2.75) is 46.5 Å². The molecule has 2 rings (SSSR count). The van der Waals surface area contributed by atoms with Gasteiger partial charge in [0.05, 0.1) is 0 Å². The van der Waals surface area contributed by atoms with Crippen LogP contribution in [0.1, 0.15) is 43.4 Å². The molecule has 0 amide bonds. The molecule has 0 N–H and O–H groups in total. The lowest BCUT2D eigenvalue weighted by molar-refractivity contribution is -0.118. The van der Waals surface area contributed by atoms with Gasteiger partial charge in [-0.25, -0.2) is 0 Å². The maximum absolute atomic E-state index is 11.2. The van der Waals surface area contributed by atoms with Gasteiger partial charge >= 0.3 is 0 Å². The lowest BCUT2D eigenvalue weighted by atomic mass is 10.0. The normalized spacial score (nSPS) is 14.7. The summed E-state index contributed by atoms with van der Waals surface area (Å²) in [6.07, 6.45) is 3.34. The van der Waals surface area contributed by atoms with Crippen LogP contribution < -0.4 is 0 Å². The van der Waals surface area contributed by atoms with E-state index in [1.165, 1.54) is 16.7 Å². The Labute approximate surface area is 92.5 Å². The number of benzene rings is 1. The Balaban J connectivity index is 0.000000531. The Morgan fingerprint density at radius 3 is 2.20 bits per heavy atom. The molecule has 0 unspecified atom stereocenters. The maximum atomic E-state index is 11.2. The Morgan fingerprint density at radius 2 is 1.53 bits per heavy atom. The van der Waals surface area contributed by atoms with E-state index in [0.717, 1.165) is 25.7 Å². The quantitative estimate of drug-likeness (QED) is 0.591. The Kier molecular flexibility index (Phi) is 4.54. The summed E-state index contributed by atoms with van der Waals surface area (Å²) < 4.78 is 0. The number of hydrogen-bond donors (Lipinski definition) is 0. The van der Waals surface area contributed by atoms with Crippen molar-refractivity contribution in [3.8, 4) is 0 Å². The highest BCUT2D eigenvalue weighted by Gasteiger charge is 2.12. The van der Waals surface area contributed by atoms with Crippen LogP contribution in [0.25, 0.3) is 0 Å². The minimum atomic E-state index is 0.411. The van der Waals surface area contributed by atoms with E-state index in [2.05, 4.69) is 25.1 Å². The average molecular weight is 204 g/mol. The van der Waals surface area contributed by atoms with Crippen LogP contribution in [0.2, 0.25) is 0 Å². The molecule has 1 nitrogen and oxygen atoms in total. The molecule has 1 heteroatoms. The molecule has 0 aliphatic heterocycles. The molecular formula is C14H20O. The lowest BCUT2D eigenvalue weighted by Crippen LogP contribution is -1.95. The number of fused-ring (bicyclic) bond motifs is 1. The molecule has 0 saturated heterocycles. The molecule has 1 aliphatic carbocycles. The van der Waals surface area contributed by atoms with Crippen LogP contribution in [0.4, 0.5) is 0 Å². The first kappa shape index (κ1) is 12.0. The Hall–Kier alpha value is -1.11. The van der Waals surface area contributed by atoms with Gasteiger partial charge in [0.15, 0.2) is 0 Å². The van der Waals surface area contributed by atoms with Crippen molar-refractivity contribution in [3.63, 3.8) is 0 Å². The fourth-order valence-electron chi connectivity index (χ4n) is 1.90. The van der Waals surface area contributed by atoms with E-state index in [9.17, 15) is 4.79 Å². The average Bonchev–Trinajstić information content (AvgIpc) is 2.44. The van der Waals surface area contributed by atoms with Crippen LogP contribution in [0.15, 0.2) is 18.2 Å². The third-order valence-corrected chi connectivity index (χ3v) is 2.71. The minimum absolute atomic E-state index is 0.411.